The fourth-order valence-electron chi connectivity index (χ4n) is 1.99. The van der Waals surface area contributed by atoms with Crippen molar-refractivity contribution in [2.45, 2.75) is 30.4 Å². The van der Waals surface area contributed by atoms with E-state index in [4.69, 9.17) is 0 Å². The van der Waals surface area contributed by atoms with E-state index in [1.54, 1.807) is 11.8 Å². The number of hydrogen-bond donors (Lipinski definition) is 1. The van der Waals surface area contributed by atoms with Gasteiger partial charge in [-0.25, -0.2) is 0 Å². The molecule has 21 heavy (non-hydrogen) atoms. The van der Waals surface area contributed by atoms with Gasteiger partial charge in [0.05, 0.1) is 5.56 Å². The number of carbonyl (C=O) groups is 1. The van der Waals surface area contributed by atoms with Crippen LogP contribution in [0.2, 0.25) is 0 Å². The van der Waals surface area contributed by atoms with Crippen LogP contribution in [0.15, 0.2) is 59.5 Å². The second-order valence-electron chi connectivity index (χ2n) is 4.88. The Morgan fingerprint density at radius 3 is 2.52 bits per heavy atom. The monoisotopic (exact) mass is 299 g/mol. The Morgan fingerprint density at radius 1 is 1.05 bits per heavy atom. The Balaban J connectivity index is 2.01. The van der Waals surface area contributed by atoms with E-state index in [1.807, 2.05) is 42.5 Å². The largest absolute Gasteiger partial charge is 0.352 e. The normalized spacial score (nSPS) is 10.3. The van der Waals surface area contributed by atoms with Crippen LogP contribution in [0.25, 0.3) is 0 Å². The molecule has 0 unspecified atom stereocenters. The van der Waals surface area contributed by atoms with E-state index in [2.05, 4.69) is 24.4 Å². The molecule has 2 aromatic carbocycles. The molecule has 0 saturated carbocycles. The quantitative estimate of drug-likeness (QED) is 0.602. The van der Waals surface area contributed by atoms with E-state index in [0.717, 1.165) is 35.6 Å². The molecule has 0 bridgehead atoms. The van der Waals surface area contributed by atoms with E-state index in [1.165, 1.54) is 5.56 Å². The highest BCUT2D eigenvalue weighted by molar-refractivity contribution is 7.98. The van der Waals surface area contributed by atoms with Crippen LogP contribution < -0.4 is 5.32 Å². The summed E-state index contributed by atoms with van der Waals surface area (Å²) in [6, 6.07) is 18.1. The van der Waals surface area contributed by atoms with E-state index in [9.17, 15) is 4.79 Å². The zero-order valence-corrected chi connectivity index (χ0v) is 13.2. The predicted octanol–water partition coefficient (Wildman–Crippen LogP) is 4.51. The number of rotatable bonds is 7. The number of thioether (sulfide) groups is 1. The van der Waals surface area contributed by atoms with Crippen molar-refractivity contribution in [2.75, 3.05) is 6.54 Å². The van der Waals surface area contributed by atoms with E-state index in [-0.39, 0.29) is 5.91 Å². The fraction of sp³-hybridized carbons (Fsp3) is 0.278. The highest BCUT2D eigenvalue weighted by Gasteiger charge is 2.10. The lowest BCUT2D eigenvalue weighted by molar-refractivity contribution is 0.0950. The van der Waals surface area contributed by atoms with Gasteiger partial charge in [-0.2, -0.15) is 0 Å². The smallest absolute Gasteiger partial charge is 0.252 e. The summed E-state index contributed by atoms with van der Waals surface area (Å²) in [4.78, 5) is 13.3. The van der Waals surface area contributed by atoms with Crippen molar-refractivity contribution in [3.63, 3.8) is 0 Å². The van der Waals surface area contributed by atoms with Crippen LogP contribution in [0, 0.1) is 0 Å². The molecule has 0 aliphatic carbocycles. The number of benzene rings is 2. The summed E-state index contributed by atoms with van der Waals surface area (Å²) in [6.45, 7) is 2.86. The number of nitrogens with one attached hydrogen (secondary N) is 1. The first kappa shape index (κ1) is 15.6. The van der Waals surface area contributed by atoms with Gasteiger partial charge >= 0.3 is 0 Å². The van der Waals surface area contributed by atoms with Crippen molar-refractivity contribution < 1.29 is 4.79 Å². The van der Waals surface area contributed by atoms with Gasteiger partial charge in [0.2, 0.25) is 0 Å². The molecule has 0 heterocycles. The van der Waals surface area contributed by atoms with Gasteiger partial charge in [0.15, 0.2) is 0 Å². The van der Waals surface area contributed by atoms with Gasteiger partial charge in [-0.15, -0.1) is 11.8 Å². The first-order chi connectivity index (χ1) is 10.3. The molecule has 2 nitrogen and oxygen atoms in total. The molecule has 110 valence electrons. The van der Waals surface area contributed by atoms with Crippen LogP contribution in [-0.4, -0.2) is 12.5 Å². The molecular weight excluding hydrogens is 278 g/mol. The number of carbonyl (C=O) groups excluding carboxylic acids is 1. The molecule has 0 radical (unpaired) electrons. The van der Waals surface area contributed by atoms with Crippen LogP contribution in [0.5, 0.6) is 0 Å². The van der Waals surface area contributed by atoms with Gasteiger partial charge in [-0.1, -0.05) is 55.8 Å². The molecule has 2 rings (SSSR count). The van der Waals surface area contributed by atoms with Gasteiger partial charge in [-0.05, 0) is 24.1 Å². The van der Waals surface area contributed by atoms with E-state index in [0.29, 0.717) is 0 Å². The van der Waals surface area contributed by atoms with Crippen LogP contribution in [0.3, 0.4) is 0 Å². The molecule has 3 heteroatoms. The summed E-state index contributed by atoms with van der Waals surface area (Å²) in [5, 5.41) is 2.99. The maximum Gasteiger partial charge on any atom is 0.252 e. The van der Waals surface area contributed by atoms with E-state index < -0.39 is 0 Å². The van der Waals surface area contributed by atoms with Crippen molar-refractivity contribution in [1.82, 2.24) is 5.32 Å². The Hall–Kier alpha value is -1.74. The second-order valence-corrected chi connectivity index (χ2v) is 5.90. The average molecular weight is 299 g/mol. The molecule has 0 spiro atoms. The fourth-order valence-corrected chi connectivity index (χ4v) is 2.99. The van der Waals surface area contributed by atoms with Crippen molar-refractivity contribution in [2.24, 2.45) is 0 Å². The summed E-state index contributed by atoms with van der Waals surface area (Å²) in [5.41, 5.74) is 2.04. The minimum Gasteiger partial charge on any atom is -0.352 e. The van der Waals surface area contributed by atoms with Crippen LogP contribution in [0.4, 0.5) is 0 Å². The van der Waals surface area contributed by atoms with Crippen LogP contribution in [-0.2, 0) is 5.75 Å². The molecule has 0 fully saturated rings. The maximum atomic E-state index is 12.2. The van der Waals surface area contributed by atoms with Crippen molar-refractivity contribution >= 4 is 17.7 Å². The standard InChI is InChI=1S/C18H21NOS/c1-2-3-13-19-18(20)16-11-7-8-12-17(16)21-14-15-9-5-4-6-10-15/h4-12H,2-3,13-14H2,1H3,(H,19,20). The van der Waals surface area contributed by atoms with Gasteiger partial charge in [0, 0.05) is 17.2 Å². The zero-order chi connectivity index (χ0) is 14.9. The van der Waals surface area contributed by atoms with Gasteiger partial charge in [0.1, 0.15) is 0 Å². The highest BCUT2D eigenvalue weighted by atomic mass is 32.2. The third kappa shape index (κ3) is 4.94. The van der Waals surface area contributed by atoms with Gasteiger partial charge < -0.3 is 5.32 Å². The summed E-state index contributed by atoms with van der Waals surface area (Å²) >= 11 is 1.71. The Bertz CT molecular complexity index is 568. The number of unbranched alkanes of at least 4 members (excludes halogenated alkanes) is 1. The molecule has 0 atom stereocenters. The zero-order valence-electron chi connectivity index (χ0n) is 12.3. The molecule has 1 amide bonds. The summed E-state index contributed by atoms with van der Waals surface area (Å²) < 4.78 is 0. The minimum absolute atomic E-state index is 0.0274. The lowest BCUT2D eigenvalue weighted by atomic mass is 10.2. The first-order valence-corrected chi connectivity index (χ1v) is 8.33. The third-order valence-corrected chi connectivity index (χ3v) is 4.33. The summed E-state index contributed by atoms with van der Waals surface area (Å²) in [5.74, 6) is 0.903. The van der Waals surface area contributed by atoms with Crippen molar-refractivity contribution in [3.8, 4) is 0 Å². The van der Waals surface area contributed by atoms with Crippen LogP contribution in [0.1, 0.15) is 35.7 Å². The van der Waals surface area contributed by atoms with Gasteiger partial charge in [0.25, 0.3) is 5.91 Å². The molecule has 0 aliphatic rings. The van der Waals surface area contributed by atoms with Crippen LogP contribution >= 0.6 is 11.8 Å². The van der Waals surface area contributed by atoms with Crippen molar-refractivity contribution in [1.29, 1.82) is 0 Å². The van der Waals surface area contributed by atoms with Gasteiger partial charge in [-0.3, -0.25) is 4.79 Å². The molecule has 2 aromatic rings. The topological polar surface area (TPSA) is 29.1 Å². The summed E-state index contributed by atoms with van der Waals surface area (Å²) in [6.07, 6.45) is 2.11. The lowest BCUT2D eigenvalue weighted by Crippen LogP contribution is -2.24. The van der Waals surface area contributed by atoms with Crippen molar-refractivity contribution in [3.05, 3.63) is 65.7 Å². The Morgan fingerprint density at radius 2 is 1.76 bits per heavy atom. The average Bonchev–Trinajstić information content (AvgIpc) is 2.54. The summed E-state index contributed by atoms with van der Waals surface area (Å²) in [7, 11) is 0. The molecular formula is C18H21NOS. The number of hydrogen-bond acceptors (Lipinski definition) is 2. The van der Waals surface area contributed by atoms with E-state index >= 15 is 0 Å². The Labute approximate surface area is 131 Å². The minimum atomic E-state index is 0.0274. The molecule has 0 aromatic heterocycles. The Kier molecular flexibility index (Phi) is 6.35. The molecule has 0 aliphatic heterocycles. The second kappa shape index (κ2) is 8.53. The maximum absolute atomic E-state index is 12.2. The number of amides is 1. The molecule has 0 saturated heterocycles. The lowest BCUT2D eigenvalue weighted by Gasteiger charge is -2.09. The molecule has 1 N–H and O–H groups in total. The SMILES string of the molecule is CCCCNC(=O)c1ccccc1SCc1ccccc1. The predicted molar refractivity (Wildman–Crippen MR) is 89.7 cm³/mol. The third-order valence-electron chi connectivity index (χ3n) is 3.18. The first-order valence-electron chi connectivity index (χ1n) is 7.35. The highest BCUT2D eigenvalue weighted by Crippen LogP contribution is 2.26.